The molecule has 0 amide bonds. The average molecular weight is 264 g/mol. The molecule has 4 nitrogen and oxygen atoms in total. The van der Waals surface area contributed by atoms with Crippen LogP contribution in [0.15, 0.2) is 30.5 Å². The van der Waals surface area contributed by atoms with Crippen LogP contribution in [0.5, 0.6) is 6.01 Å². The standard InChI is InChI=1S/C13H14ClN3O/c1-9-4-3-5-10(6-9)7-15-12-11(14)8-16-13(17-12)18-2/h3-6,8H,7H2,1-2H3,(H,15,16,17). The van der Waals surface area contributed by atoms with E-state index in [1.165, 1.54) is 24.4 Å². The third kappa shape index (κ3) is 3.11. The first-order valence-electron chi connectivity index (χ1n) is 5.55. The Labute approximate surface area is 111 Å². The van der Waals surface area contributed by atoms with Crippen molar-refractivity contribution in [3.63, 3.8) is 0 Å². The molecule has 0 saturated heterocycles. The third-order valence-electron chi connectivity index (χ3n) is 2.45. The molecule has 0 bridgehead atoms. The van der Waals surface area contributed by atoms with Gasteiger partial charge in [0.2, 0.25) is 0 Å². The quantitative estimate of drug-likeness (QED) is 0.921. The summed E-state index contributed by atoms with van der Waals surface area (Å²) in [5.74, 6) is 0.574. The molecule has 1 heterocycles. The predicted molar refractivity (Wildman–Crippen MR) is 72.1 cm³/mol. The van der Waals surface area contributed by atoms with E-state index in [2.05, 4.69) is 34.3 Å². The zero-order valence-corrected chi connectivity index (χ0v) is 11.0. The van der Waals surface area contributed by atoms with E-state index in [4.69, 9.17) is 16.3 Å². The Morgan fingerprint density at radius 3 is 2.94 bits per heavy atom. The van der Waals surface area contributed by atoms with Crippen LogP contribution in [0.3, 0.4) is 0 Å². The molecule has 1 aromatic heterocycles. The number of nitrogens with zero attached hydrogens (tertiary/aromatic N) is 2. The van der Waals surface area contributed by atoms with Crippen molar-refractivity contribution < 1.29 is 4.74 Å². The number of rotatable bonds is 4. The normalized spacial score (nSPS) is 10.2. The van der Waals surface area contributed by atoms with Gasteiger partial charge in [-0.15, -0.1) is 0 Å². The molecule has 0 unspecified atom stereocenters. The number of halogens is 1. The van der Waals surface area contributed by atoms with Crippen LogP contribution < -0.4 is 10.1 Å². The Hall–Kier alpha value is -1.81. The van der Waals surface area contributed by atoms with E-state index >= 15 is 0 Å². The Balaban J connectivity index is 2.10. The Kier molecular flexibility index (Phi) is 3.99. The summed E-state index contributed by atoms with van der Waals surface area (Å²) in [4.78, 5) is 8.07. The molecule has 0 aliphatic heterocycles. The minimum atomic E-state index is 0.297. The highest BCUT2D eigenvalue weighted by molar-refractivity contribution is 6.32. The number of anilines is 1. The molecular weight excluding hydrogens is 250 g/mol. The fraction of sp³-hybridized carbons (Fsp3) is 0.231. The maximum Gasteiger partial charge on any atom is 0.318 e. The number of methoxy groups -OCH3 is 1. The largest absolute Gasteiger partial charge is 0.467 e. The fourth-order valence-corrected chi connectivity index (χ4v) is 1.74. The van der Waals surface area contributed by atoms with Crippen LogP contribution in [-0.4, -0.2) is 17.1 Å². The first-order chi connectivity index (χ1) is 8.69. The van der Waals surface area contributed by atoms with E-state index in [0.29, 0.717) is 23.4 Å². The van der Waals surface area contributed by atoms with Crippen LogP contribution in [-0.2, 0) is 6.54 Å². The van der Waals surface area contributed by atoms with Gasteiger partial charge in [0.25, 0.3) is 0 Å². The zero-order valence-electron chi connectivity index (χ0n) is 10.3. The molecular formula is C13H14ClN3O. The summed E-state index contributed by atoms with van der Waals surface area (Å²) in [6.45, 7) is 2.71. The number of nitrogens with one attached hydrogen (secondary N) is 1. The molecule has 0 fully saturated rings. The Bertz CT molecular complexity index is 546. The molecule has 0 atom stereocenters. The van der Waals surface area contributed by atoms with Crippen LogP contribution >= 0.6 is 11.6 Å². The Morgan fingerprint density at radius 1 is 1.39 bits per heavy atom. The molecule has 0 saturated carbocycles. The van der Waals surface area contributed by atoms with Crippen LogP contribution in [0.4, 0.5) is 5.82 Å². The van der Waals surface area contributed by atoms with Crippen molar-refractivity contribution in [2.75, 3.05) is 12.4 Å². The van der Waals surface area contributed by atoms with Crippen molar-refractivity contribution in [1.82, 2.24) is 9.97 Å². The lowest BCUT2D eigenvalue weighted by atomic mass is 10.1. The summed E-state index contributed by atoms with van der Waals surface area (Å²) in [6, 6.07) is 8.54. The van der Waals surface area contributed by atoms with Crippen molar-refractivity contribution in [2.24, 2.45) is 0 Å². The molecule has 0 spiro atoms. The second-order valence-electron chi connectivity index (χ2n) is 3.90. The van der Waals surface area contributed by atoms with Gasteiger partial charge in [-0.2, -0.15) is 4.98 Å². The minimum Gasteiger partial charge on any atom is -0.467 e. The van der Waals surface area contributed by atoms with Crippen LogP contribution in [0.1, 0.15) is 11.1 Å². The van der Waals surface area contributed by atoms with E-state index in [9.17, 15) is 0 Å². The second-order valence-corrected chi connectivity index (χ2v) is 4.30. The first kappa shape index (κ1) is 12.6. The highest BCUT2D eigenvalue weighted by Gasteiger charge is 2.05. The molecule has 1 aromatic carbocycles. The van der Waals surface area contributed by atoms with Gasteiger partial charge in [0.15, 0.2) is 5.82 Å². The SMILES string of the molecule is COc1ncc(Cl)c(NCc2cccc(C)c2)n1. The van der Waals surface area contributed by atoms with Crippen LogP contribution in [0.2, 0.25) is 5.02 Å². The van der Waals surface area contributed by atoms with E-state index in [1.807, 2.05) is 12.1 Å². The summed E-state index contributed by atoms with van der Waals surface area (Å²) in [5, 5.41) is 3.64. The summed E-state index contributed by atoms with van der Waals surface area (Å²) < 4.78 is 4.96. The van der Waals surface area contributed by atoms with E-state index < -0.39 is 0 Å². The number of hydrogen-bond donors (Lipinski definition) is 1. The molecule has 2 rings (SSSR count). The number of aromatic nitrogens is 2. The fourth-order valence-electron chi connectivity index (χ4n) is 1.58. The lowest BCUT2D eigenvalue weighted by Gasteiger charge is -2.08. The molecule has 18 heavy (non-hydrogen) atoms. The van der Waals surface area contributed by atoms with E-state index in [0.717, 1.165) is 0 Å². The molecule has 0 aliphatic rings. The molecule has 94 valence electrons. The highest BCUT2D eigenvalue weighted by Crippen LogP contribution is 2.20. The van der Waals surface area contributed by atoms with Crippen molar-refractivity contribution in [3.8, 4) is 6.01 Å². The lowest BCUT2D eigenvalue weighted by molar-refractivity contribution is 0.380. The van der Waals surface area contributed by atoms with E-state index in [-0.39, 0.29) is 0 Å². The van der Waals surface area contributed by atoms with Crippen molar-refractivity contribution in [1.29, 1.82) is 0 Å². The maximum atomic E-state index is 6.01. The maximum absolute atomic E-state index is 6.01. The van der Waals surface area contributed by atoms with Crippen molar-refractivity contribution in [2.45, 2.75) is 13.5 Å². The number of aryl methyl sites for hydroxylation is 1. The second kappa shape index (κ2) is 5.69. The molecule has 1 N–H and O–H groups in total. The van der Waals surface area contributed by atoms with Gasteiger partial charge in [0.1, 0.15) is 5.02 Å². The third-order valence-corrected chi connectivity index (χ3v) is 2.72. The number of benzene rings is 1. The zero-order chi connectivity index (χ0) is 13.0. The van der Waals surface area contributed by atoms with E-state index in [1.54, 1.807) is 0 Å². The molecule has 0 aliphatic carbocycles. The lowest BCUT2D eigenvalue weighted by Crippen LogP contribution is -2.04. The summed E-state index contributed by atoms with van der Waals surface area (Å²) in [5.41, 5.74) is 2.39. The molecule has 0 radical (unpaired) electrons. The van der Waals surface area contributed by atoms with Gasteiger partial charge in [-0.3, -0.25) is 0 Å². The van der Waals surface area contributed by atoms with Crippen molar-refractivity contribution >= 4 is 17.4 Å². The van der Waals surface area contributed by atoms with Gasteiger partial charge in [-0.05, 0) is 12.5 Å². The van der Waals surface area contributed by atoms with Gasteiger partial charge in [0, 0.05) is 6.54 Å². The minimum absolute atomic E-state index is 0.297. The smallest absolute Gasteiger partial charge is 0.318 e. The first-order valence-corrected chi connectivity index (χ1v) is 5.93. The molecule has 5 heteroatoms. The predicted octanol–water partition coefficient (Wildman–Crippen LogP) is 3.06. The summed E-state index contributed by atoms with van der Waals surface area (Å²) >= 11 is 6.01. The van der Waals surface area contributed by atoms with Gasteiger partial charge >= 0.3 is 6.01 Å². The monoisotopic (exact) mass is 263 g/mol. The molecule has 2 aromatic rings. The average Bonchev–Trinajstić information content (AvgIpc) is 2.38. The van der Waals surface area contributed by atoms with Gasteiger partial charge in [0.05, 0.1) is 13.3 Å². The summed E-state index contributed by atoms with van der Waals surface area (Å²) in [7, 11) is 1.52. The van der Waals surface area contributed by atoms with Crippen molar-refractivity contribution in [3.05, 3.63) is 46.6 Å². The number of ether oxygens (including phenoxy) is 1. The summed E-state index contributed by atoms with van der Waals surface area (Å²) in [6.07, 6.45) is 1.52. The van der Waals surface area contributed by atoms with Gasteiger partial charge in [-0.1, -0.05) is 41.4 Å². The van der Waals surface area contributed by atoms with Gasteiger partial charge < -0.3 is 10.1 Å². The van der Waals surface area contributed by atoms with Crippen LogP contribution in [0, 0.1) is 6.92 Å². The Morgan fingerprint density at radius 2 is 2.22 bits per heavy atom. The topological polar surface area (TPSA) is 47.0 Å². The van der Waals surface area contributed by atoms with Gasteiger partial charge in [-0.25, -0.2) is 4.98 Å². The number of hydrogen-bond acceptors (Lipinski definition) is 4. The highest BCUT2D eigenvalue weighted by atomic mass is 35.5. The van der Waals surface area contributed by atoms with Crippen LogP contribution in [0.25, 0.3) is 0 Å².